The van der Waals surface area contributed by atoms with Gasteiger partial charge in [0.05, 0.1) is 18.9 Å². The van der Waals surface area contributed by atoms with Gasteiger partial charge in [0.2, 0.25) is 0 Å². The fourth-order valence-corrected chi connectivity index (χ4v) is 2.78. The number of aryl methyl sites for hydroxylation is 1. The van der Waals surface area contributed by atoms with Crippen LogP contribution in [-0.4, -0.2) is 27.2 Å². The van der Waals surface area contributed by atoms with Crippen LogP contribution in [0.1, 0.15) is 37.1 Å². The number of para-hydroxylation sites is 1. The van der Waals surface area contributed by atoms with Crippen molar-refractivity contribution < 1.29 is 9.53 Å². The smallest absolute Gasteiger partial charge is 0.148 e. The van der Waals surface area contributed by atoms with Crippen LogP contribution in [0.4, 0.5) is 0 Å². The van der Waals surface area contributed by atoms with Crippen LogP contribution in [0.15, 0.2) is 30.6 Å². The number of aromatic nitrogens is 3. The molecule has 3 rings (SSSR count). The minimum absolute atomic E-state index is 0.0956. The first-order valence-electron chi connectivity index (χ1n) is 7.40. The maximum absolute atomic E-state index is 12.6. The van der Waals surface area contributed by atoms with E-state index in [1.807, 2.05) is 28.9 Å². The van der Waals surface area contributed by atoms with E-state index in [2.05, 4.69) is 17.0 Å². The molecular formula is C16H19N3O2. The van der Waals surface area contributed by atoms with Gasteiger partial charge in [0.15, 0.2) is 0 Å². The molecule has 21 heavy (non-hydrogen) atoms. The molecule has 1 aliphatic rings. The van der Waals surface area contributed by atoms with E-state index in [-0.39, 0.29) is 11.7 Å². The Morgan fingerprint density at radius 2 is 2.29 bits per heavy atom. The molecule has 1 aromatic carbocycles. The van der Waals surface area contributed by atoms with Crippen LogP contribution in [0.25, 0.3) is 0 Å². The van der Waals surface area contributed by atoms with Gasteiger partial charge in [-0.3, -0.25) is 4.79 Å². The number of hydrogen-bond donors (Lipinski definition) is 0. The molecule has 0 amide bonds. The molecule has 0 radical (unpaired) electrons. The van der Waals surface area contributed by atoms with Gasteiger partial charge in [-0.2, -0.15) is 5.10 Å². The highest BCUT2D eigenvalue weighted by Gasteiger charge is 2.28. The van der Waals surface area contributed by atoms with Gasteiger partial charge < -0.3 is 4.74 Å². The Labute approximate surface area is 124 Å². The van der Waals surface area contributed by atoms with Gasteiger partial charge in [0, 0.05) is 12.1 Å². The Morgan fingerprint density at radius 3 is 3.14 bits per heavy atom. The molecule has 1 atom stereocenters. The summed E-state index contributed by atoms with van der Waals surface area (Å²) in [5.41, 5.74) is 0.996. The highest BCUT2D eigenvalue weighted by Crippen LogP contribution is 2.34. The van der Waals surface area contributed by atoms with Crippen molar-refractivity contribution in [2.75, 3.05) is 6.61 Å². The van der Waals surface area contributed by atoms with Crippen molar-refractivity contribution in [1.29, 1.82) is 0 Å². The summed E-state index contributed by atoms with van der Waals surface area (Å²) in [5.74, 6) is 1.68. The molecule has 2 heterocycles. The number of ether oxygens (including phenoxy) is 1. The number of fused-ring (bicyclic) bond motifs is 1. The lowest BCUT2D eigenvalue weighted by Gasteiger charge is -2.24. The van der Waals surface area contributed by atoms with Crippen molar-refractivity contribution >= 4 is 5.78 Å². The van der Waals surface area contributed by atoms with Crippen LogP contribution in [0, 0.1) is 0 Å². The Bertz CT molecular complexity index is 636. The molecule has 0 spiro atoms. The number of rotatable bonds is 5. The van der Waals surface area contributed by atoms with Gasteiger partial charge in [-0.05, 0) is 18.9 Å². The first-order chi connectivity index (χ1) is 10.3. The van der Waals surface area contributed by atoms with Crippen LogP contribution in [0.3, 0.4) is 0 Å². The first-order valence-corrected chi connectivity index (χ1v) is 7.40. The van der Waals surface area contributed by atoms with E-state index < -0.39 is 0 Å². The summed E-state index contributed by atoms with van der Waals surface area (Å²) >= 11 is 0. The number of nitrogens with zero attached hydrogens (tertiary/aromatic N) is 3. The summed E-state index contributed by atoms with van der Waals surface area (Å²) in [5, 5.41) is 4.18. The van der Waals surface area contributed by atoms with Gasteiger partial charge in [-0.15, -0.1) is 0 Å². The molecule has 1 aliphatic heterocycles. The Kier molecular flexibility index (Phi) is 3.99. The van der Waals surface area contributed by atoms with Crippen molar-refractivity contribution in [1.82, 2.24) is 14.8 Å². The van der Waals surface area contributed by atoms with E-state index in [1.54, 1.807) is 0 Å². The van der Waals surface area contributed by atoms with Gasteiger partial charge in [0.25, 0.3) is 0 Å². The molecule has 0 saturated carbocycles. The summed E-state index contributed by atoms with van der Waals surface area (Å²) in [6, 6.07) is 7.79. The zero-order valence-electron chi connectivity index (χ0n) is 12.2. The maximum Gasteiger partial charge on any atom is 0.148 e. The van der Waals surface area contributed by atoms with Crippen molar-refractivity contribution in [2.24, 2.45) is 0 Å². The number of Topliss-reactive ketones (excluding diaryl/α,β-unsaturated/α-hetero) is 1. The highest BCUT2D eigenvalue weighted by molar-refractivity contribution is 5.88. The lowest BCUT2D eigenvalue weighted by molar-refractivity contribution is -0.120. The molecule has 2 aromatic rings. The molecule has 0 N–H and O–H groups in total. The summed E-state index contributed by atoms with van der Waals surface area (Å²) in [4.78, 5) is 16.9. The number of carbonyl (C=O) groups is 1. The van der Waals surface area contributed by atoms with E-state index in [0.717, 1.165) is 36.5 Å². The van der Waals surface area contributed by atoms with Gasteiger partial charge in [-0.1, -0.05) is 25.1 Å². The molecular weight excluding hydrogens is 266 g/mol. The van der Waals surface area contributed by atoms with Crippen molar-refractivity contribution in [3.63, 3.8) is 0 Å². The predicted molar refractivity (Wildman–Crippen MR) is 78.3 cm³/mol. The molecule has 0 fully saturated rings. The number of ketones is 1. The van der Waals surface area contributed by atoms with Crippen LogP contribution in [0.2, 0.25) is 0 Å². The largest absolute Gasteiger partial charge is 0.493 e. The zero-order chi connectivity index (χ0) is 14.7. The highest BCUT2D eigenvalue weighted by atomic mass is 16.5. The second-order valence-corrected chi connectivity index (χ2v) is 5.27. The average molecular weight is 285 g/mol. The number of carbonyl (C=O) groups excluding carboxylic acids is 1. The minimum atomic E-state index is -0.0956. The molecule has 110 valence electrons. The fraction of sp³-hybridized carbons (Fsp3) is 0.438. The van der Waals surface area contributed by atoms with E-state index >= 15 is 0 Å². The van der Waals surface area contributed by atoms with E-state index in [9.17, 15) is 4.79 Å². The molecule has 5 heteroatoms. The number of hydrogen-bond acceptors (Lipinski definition) is 4. The van der Waals surface area contributed by atoms with Gasteiger partial charge in [0.1, 0.15) is 23.7 Å². The monoisotopic (exact) mass is 285 g/mol. The second kappa shape index (κ2) is 6.08. The first kappa shape index (κ1) is 13.8. The average Bonchev–Trinajstić information content (AvgIpc) is 2.94. The van der Waals surface area contributed by atoms with E-state index in [0.29, 0.717) is 13.0 Å². The zero-order valence-corrected chi connectivity index (χ0v) is 12.2. The lowest BCUT2D eigenvalue weighted by atomic mass is 9.88. The molecule has 1 aromatic heterocycles. The third kappa shape index (κ3) is 2.82. The summed E-state index contributed by atoms with van der Waals surface area (Å²) < 4.78 is 7.44. The van der Waals surface area contributed by atoms with Crippen LogP contribution in [-0.2, 0) is 17.8 Å². The van der Waals surface area contributed by atoms with Gasteiger partial charge >= 0.3 is 0 Å². The summed E-state index contributed by atoms with van der Waals surface area (Å²) in [7, 11) is 0. The third-order valence-electron chi connectivity index (χ3n) is 3.81. The van der Waals surface area contributed by atoms with Gasteiger partial charge in [-0.25, -0.2) is 9.67 Å². The van der Waals surface area contributed by atoms with Crippen LogP contribution < -0.4 is 4.74 Å². The molecule has 0 bridgehead atoms. The summed E-state index contributed by atoms with van der Waals surface area (Å²) in [6.45, 7) is 3.48. The van der Waals surface area contributed by atoms with Crippen molar-refractivity contribution in [3.05, 3.63) is 42.0 Å². The normalized spacial score (nSPS) is 17.1. The van der Waals surface area contributed by atoms with Crippen LogP contribution in [0.5, 0.6) is 5.75 Å². The maximum atomic E-state index is 12.6. The number of benzene rings is 1. The second-order valence-electron chi connectivity index (χ2n) is 5.27. The minimum Gasteiger partial charge on any atom is -0.493 e. The molecule has 1 unspecified atom stereocenters. The van der Waals surface area contributed by atoms with E-state index in [1.165, 1.54) is 6.33 Å². The standard InChI is InChI=1S/C16H19N3O2/c1-2-8-19-16(17-11-18-19)10-14(20)12-7-9-21-15-6-4-3-5-13(12)15/h3-6,11-12H,2,7-10H2,1H3. The van der Waals surface area contributed by atoms with Crippen molar-refractivity contribution in [3.8, 4) is 5.75 Å². The lowest BCUT2D eigenvalue weighted by Crippen LogP contribution is -2.24. The Balaban J connectivity index is 1.79. The molecule has 5 nitrogen and oxygen atoms in total. The predicted octanol–water partition coefficient (Wildman–Crippen LogP) is 2.37. The van der Waals surface area contributed by atoms with Crippen LogP contribution >= 0.6 is 0 Å². The topological polar surface area (TPSA) is 57.0 Å². The molecule has 0 saturated heterocycles. The third-order valence-corrected chi connectivity index (χ3v) is 3.81. The van der Waals surface area contributed by atoms with E-state index in [4.69, 9.17) is 4.74 Å². The fourth-order valence-electron chi connectivity index (χ4n) is 2.78. The Hall–Kier alpha value is -2.17. The SMILES string of the molecule is CCCn1ncnc1CC(=O)C1CCOc2ccccc21. The quantitative estimate of drug-likeness (QED) is 0.846. The van der Waals surface area contributed by atoms with Crippen molar-refractivity contribution in [2.45, 2.75) is 38.6 Å². The molecule has 0 aliphatic carbocycles. The Morgan fingerprint density at radius 1 is 1.43 bits per heavy atom. The summed E-state index contributed by atoms with van der Waals surface area (Å²) in [6.07, 6.45) is 3.57.